The van der Waals surface area contributed by atoms with E-state index in [2.05, 4.69) is 18.1 Å². The van der Waals surface area contributed by atoms with Crippen molar-refractivity contribution >= 4 is 17.6 Å². The summed E-state index contributed by atoms with van der Waals surface area (Å²) in [6.07, 6.45) is 3.60. The van der Waals surface area contributed by atoms with Crippen molar-refractivity contribution in [1.29, 1.82) is 5.41 Å². The Kier molecular flexibility index (Phi) is 3.56. The number of anilines is 1. The number of carbonyl (C=O) groups excluding carboxylic acids is 1. The first-order valence-electron chi connectivity index (χ1n) is 7.66. The van der Waals surface area contributed by atoms with Gasteiger partial charge in [-0.1, -0.05) is 25.6 Å². The summed E-state index contributed by atoms with van der Waals surface area (Å²) in [6, 6.07) is 3.69. The maximum absolute atomic E-state index is 12.2. The highest BCUT2D eigenvalue weighted by molar-refractivity contribution is 6.29. The van der Waals surface area contributed by atoms with E-state index < -0.39 is 5.60 Å². The molecule has 0 spiro atoms. The molecule has 23 heavy (non-hydrogen) atoms. The molecule has 1 atom stereocenters. The molecule has 1 aliphatic heterocycles. The van der Waals surface area contributed by atoms with Crippen molar-refractivity contribution in [2.75, 3.05) is 11.6 Å². The third-order valence-corrected chi connectivity index (χ3v) is 4.55. The van der Waals surface area contributed by atoms with Crippen molar-refractivity contribution in [2.45, 2.75) is 31.8 Å². The number of aliphatic hydroxyl groups is 1. The molecule has 1 unspecified atom stereocenters. The number of amidine groups is 1. The zero-order valence-corrected chi connectivity index (χ0v) is 13.2. The van der Waals surface area contributed by atoms with Crippen LogP contribution in [0.2, 0.25) is 0 Å². The summed E-state index contributed by atoms with van der Waals surface area (Å²) in [5.74, 6) is 0.113. The Morgan fingerprint density at radius 1 is 1.52 bits per heavy atom. The smallest absolute Gasteiger partial charge is 0.276 e. The predicted molar refractivity (Wildman–Crippen MR) is 88.0 cm³/mol. The molecule has 1 aromatic rings. The Hall–Kier alpha value is -2.47. The number of rotatable bonds is 4. The molecule has 1 aliphatic carbocycles. The molecule has 0 aromatic carbocycles. The van der Waals surface area contributed by atoms with Crippen LogP contribution < -0.4 is 5.01 Å². The Bertz CT molecular complexity index is 727. The molecular weight excluding hydrogens is 292 g/mol. The molecular formula is C17H20N4O2. The van der Waals surface area contributed by atoms with Gasteiger partial charge in [0.15, 0.2) is 11.7 Å². The van der Waals surface area contributed by atoms with Gasteiger partial charge in [-0.05, 0) is 30.9 Å². The Morgan fingerprint density at radius 3 is 2.91 bits per heavy atom. The summed E-state index contributed by atoms with van der Waals surface area (Å²) in [5, 5.41) is 21.7. The average Bonchev–Trinajstić information content (AvgIpc) is 2.99. The van der Waals surface area contributed by atoms with Gasteiger partial charge in [0.2, 0.25) is 0 Å². The van der Waals surface area contributed by atoms with Crippen LogP contribution in [0.25, 0.3) is 0 Å². The lowest BCUT2D eigenvalue weighted by molar-refractivity contribution is -0.124. The molecule has 2 N–H and O–H groups in total. The minimum atomic E-state index is -0.933. The number of nitrogens with zero attached hydrogens (tertiary/aromatic N) is 3. The van der Waals surface area contributed by atoms with Crippen LogP contribution in [0.4, 0.5) is 5.82 Å². The van der Waals surface area contributed by atoms with Crippen LogP contribution in [0.3, 0.4) is 0 Å². The highest BCUT2D eigenvalue weighted by Gasteiger charge is 2.41. The van der Waals surface area contributed by atoms with Gasteiger partial charge in [-0.25, -0.2) is 15.0 Å². The van der Waals surface area contributed by atoms with Crippen molar-refractivity contribution in [3.8, 4) is 0 Å². The lowest BCUT2D eigenvalue weighted by Gasteiger charge is -2.28. The molecule has 120 valence electrons. The van der Waals surface area contributed by atoms with Crippen LogP contribution in [0.15, 0.2) is 36.9 Å². The molecule has 2 heterocycles. The van der Waals surface area contributed by atoms with Gasteiger partial charge in [0.05, 0.1) is 17.8 Å². The number of fused-ring (bicyclic) bond motifs is 1. The van der Waals surface area contributed by atoms with E-state index in [1.807, 2.05) is 13.0 Å². The van der Waals surface area contributed by atoms with Crippen LogP contribution in [0, 0.1) is 5.41 Å². The molecule has 6 heteroatoms. The number of amides is 1. The standard InChI is InChI=1S/C17H20N4O2/c1-4-10-20-16(22)11(3)15(18)21(20)13-7-6-12-8-9-17(23,5-2)14(12)19-13/h4,6-7,18,23H,1,3,5,8-10H2,2H3. The van der Waals surface area contributed by atoms with E-state index in [1.54, 1.807) is 12.1 Å². The number of pyridine rings is 1. The first kappa shape index (κ1) is 15.4. The minimum absolute atomic E-state index is 0.00216. The van der Waals surface area contributed by atoms with Gasteiger partial charge in [0.25, 0.3) is 5.91 Å². The highest BCUT2D eigenvalue weighted by Crippen LogP contribution is 2.39. The van der Waals surface area contributed by atoms with Crippen LogP contribution in [0.5, 0.6) is 0 Å². The zero-order chi connectivity index (χ0) is 16.8. The van der Waals surface area contributed by atoms with E-state index in [9.17, 15) is 9.90 Å². The van der Waals surface area contributed by atoms with E-state index in [-0.39, 0.29) is 23.9 Å². The second-order valence-electron chi connectivity index (χ2n) is 5.88. The second-order valence-corrected chi connectivity index (χ2v) is 5.88. The molecule has 0 bridgehead atoms. The monoisotopic (exact) mass is 312 g/mol. The number of aromatic nitrogens is 1. The molecule has 0 saturated carbocycles. The summed E-state index contributed by atoms with van der Waals surface area (Å²) in [5.41, 5.74) is 0.857. The van der Waals surface area contributed by atoms with E-state index in [0.717, 1.165) is 12.0 Å². The molecule has 1 amide bonds. The largest absolute Gasteiger partial charge is 0.384 e. The number of hydrazine groups is 1. The second kappa shape index (κ2) is 5.31. The summed E-state index contributed by atoms with van der Waals surface area (Å²) in [7, 11) is 0. The fraction of sp³-hybridized carbons (Fsp3) is 0.353. The van der Waals surface area contributed by atoms with Crippen molar-refractivity contribution < 1.29 is 9.90 Å². The third kappa shape index (κ3) is 2.17. The quantitative estimate of drug-likeness (QED) is 0.657. The molecule has 2 aliphatic rings. The van der Waals surface area contributed by atoms with Gasteiger partial charge in [-0.3, -0.25) is 10.2 Å². The number of aryl methyl sites for hydroxylation is 1. The van der Waals surface area contributed by atoms with Gasteiger partial charge in [0, 0.05) is 0 Å². The zero-order valence-electron chi connectivity index (χ0n) is 13.2. The minimum Gasteiger partial charge on any atom is -0.384 e. The number of nitrogens with one attached hydrogen (secondary N) is 1. The normalized spacial score (nSPS) is 23.7. The summed E-state index contributed by atoms with van der Waals surface area (Å²) < 4.78 is 0. The lowest BCUT2D eigenvalue weighted by Crippen LogP contribution is -2.41. The molecule has 1 fully saturated rings. The fourth-order valence-corrected chi connectivity index (χ4v) is 3.13. The van der Waals surface area contributed by atoms with Gasteiger partial charge in [-0.2, -0.15) is 0 Å². The summed E-state index contributed by atoms with van der Waals surface area (Å²) in [6.45, 7) is 9.51. The maximum atomic E-state index is 12.2. The maximum Gasteiger partial charge on any atom is 0.276 e. The predicted octanol–water partition coefficient (Wildman–Crippen LogP) is 1.91. The number of hydrogen-bond acceptors (Lipinski definition) is 4. The van der Waals surface area contributed by atoms with Gasteiger partial charge in [0.1, 0.15) is 5.60 Å². The van der Waals surface area contributed by atoms with Crippen molar-refractivity contribution in [3.05, 3.63) is 48.2 Å². The molecule has 1 saturated heterocycles. The Labute approximate surface area is 135 Å². The van der Waals surface area contributed by atoms with E-state index in [4.69, 9.17) is 5.41 Å². The molecule has 1 aromatic heterocycles. The topological polar surface area (TPSA) is 80.5 Å². The van der Waals surface area contributed by atoms with Crippen molar-refractivity contribution in [1.82, 2.24) is 9.99 Å². The molecule has 3 rings (SSSR count). The van der Waals surface area contributed by atoms with E-state index >= 15 is 0 Å². The molecule has 6 nitrogen and oxygen atoms in total. The Morgan fingerprint density at radius 2 is 2.26 bits per heavy atom. The first-order valence-corrected chi connectivity index (χ1v) is 7.66. The van der Waals surface area contributed by atoms with Gasteiger partial charge in [-0.15, -0.1) is 6.58 Å². The Balaban J connectivity index is 2.06. The van der Waals surface area contributed by atoms with Crippen molar-refractivity contribution in [2.24, 2.45) is 0 Å². The fourth-order valence-electron chi connectivity index (χ4n) is 3.13. The van der Waals surface area contributed by atoms with Crippen LogP contribution in [-0.4, -0.2) is 33.4 Å². The lowest BCUT2D eigenvalue weighted by atomic mass is 9.98. The highest BCUT2D eigenvalue weighted by atomic mass is 16.3. The van der Waals surface area contributed by atoms with Gasteiger partial charge < -0.3 is 5.11 Å². The van der Waals surface area contributed by atoms with Crippen LogP contribution in [0.1, 0.15) is 31.0 Å². The van der Waals surface area contributed by atoms with Crippen LogP contribution in [-0.2, 0) is 16.8 Å². The van der Waals surface area contributed by atoms with Crippen molar-refractivity contribution in [3.63, 3.8) is 0 Å². The molecule has 0 radical (unpaired) electrons. The summed E-state index contributed by atoms with van der Waals surface area (Å²) >= 11 is 0. The van der Waals surface area contributed by atoms with E-state index in [0.29, 0.717) is 24.4 Å². The van der Waals surface area contributed by atoms with Gasteiger partial charge >= 0.3 is 0 Å². The number of carbonyl (C=O) groups is 1. The van der Waals surface area contributed by atoms with E-state index in [1.165, 1.54) is 10.0 Å². The first-order chi connectivity index (χ1) is 10.9. The average molecular weight is 312 g/mol. The summed E-state index contributed by atoms with van der Waals surface area (Å²) in [4.78, 5) is 16.8. The SMILES string of the molecule is C=CCN1C(=O)C(=C)C(=N)N1c1ccc2c(n1)C(O)(CC)CC2. The number of hydrogen-bond donors (Lipinski definition) is 2. The van der Waals surface area contributed by atoms with Crippen LogP contribution >= 0.6 is 0 Å². The third-order valence-electron chi connectivity index (χ3n) is 4.55.